The van der Waals surface area contributed by atoms with Gasteiger partial charge in [0.15, 0.2) is 0 Å². The molecule has 0 spiro atoms. The molecule has 0 bridgehead atoms. The van der Waals surface area contributed by atoms with Crippen molar-refractivity contribution in [1.82, 2.24) is 5.32 Å². The monoisotopic (exact) mass is 199 g/mol. The highest BCUT2D eigenvalue weighted by Crippen LogP contribution is 2.34. The van der Waals surface area contributed by atoms with Crippen molar-refractivity contribution in [1.29, 1.82) is 0 Å². The molecule has 0 aromatic carbocycles. The van der Waals surface area contributed by atoms with Gasteiger partial charge in [0.2, 0.25) is 0 Å². The third kappa shape index (κ3) is 1.85. The lowest BCUT2D eigenvalue weighted by atomic mass is 9.80. The van der Waals surface area contributed by atoms with Gasteiger partial charge in [-0.1, -0.05) is 0 Å². The van der Waals surface area contributed by atoms with Crippen LogP contribution < -0.4 is 5.32 Å². The van der Waals surface area contributed by atoms with E-state index in [1.807, 2.05) is 6.92 Å². The van der Waals surface area contributed by atoms with E-state index in [0.29, 0.717) is 5.92 Å². The van der Waals surface area contributed by atoms with Gasteiger partial charge in [0.25, 0.3) is 0 Å². The molecular weight excluding hydrogens is 182 g/mol. The van der Waals surface area contributed by atoms with Gasteiger partial charge < -0.3 is 14.8 Å². The van der Waals surface area contributed by atoms with Gasteiger partial charge in [-0.2, -0.15) is 0 Å². The van der Waals surface area contributed by atoms with Crippen molar-refractivity contribution < 1.29 is 14.3 Å². The minimum absolute atomic E-state index is 0.272. The lowest BCUT2D eigenvalue weighted by Gasteiger charge is -2.41. The van der Waals surface area contributed by atoms with Gasteiger partial charge in [0.1, 0.15) is 5.60 Å². The number of amides is 1. The SMILES string of the molecule is CC1(C2CCOCC2)CCNC(=O)O1. The molecule has 2 heterocycles. The topological polar surface area (TPSA) is 47.6 Å². The molecule has 1 N–H and O–H groups in total. The molecule has 0 aromatic rings. The lowest BCUT2D eigenvalue weighted by molar-refractivity contribution is -0.0767. The molecule has 4 nitrogen and oxygen atoms in total. The fourth-order valence-electron chi connectivity index (χ4n) is 2.31. The summed E-state index contributed by atoms with van der Waals surface area (Å²) in [6.45, 7) is 4.37. The standard InChI is InChI=1S/C10H17NO3/c1-10(4-5-11-9(12)14-10)8-2-6-13-7-3-8/h8H,2-7H2,1H3,(H,11,12). The van der Waals surface area contributed by atoms with E-state index >= 15 is 0 Å². The minimum atomic E-state index is -0.273. The average molecular weight is 199 g/mol. The quantitative estimate of drug-likeness (QED) is 0.692. The number of carbonyl (C=O) groups is 1. The van der Waals surface area contributed by atoms with Crippen molar-refractivity contribution in [2.75, 3.05) is 19.8 Å². The van der Waals surface area contributed by atoms with E-state index in [1.54, 1.807) is 0 Å². The molecule has 2 aliphatic rings. The van der Waals surface area contributed by atoms with Gasteiger partial charge in [-0.3, -0.25) is 0 Å². The summed E-state index contributed by atoms with van der Waals surface area (Å²) >= 11 is 0. The number of alkyl carbamates (subject to hydrolysis) is 1. The van der Waals surface area contributed by atoms with E-state index in [2.05, 4.69) is 5.32 Å². The van der Waals surface area contributed by atoms with Crippen LogP contribution in [0.5, 0.6) is 0 Å². The fourth-order valence-corrected chi connectivity index (χ4v) is 2.31. The maximum absolute atomic E-state index is 11.2. The Morgan fingerprint density at radius 2 is 2.14 bits per heavy atom. The Bertz CT molecular complexity index is 225. The number of rotatable bonds is 1. The normalized spacial score (nSPS) is 34.8. The number of ether oxygens (including phenoxy) is 2. The highest BCUT2D eigenvalue weighted by Gasteiger charge is 2.40. The van der Waals surface area contributed by atoms with Crippen LogP contribution in [-0.4, -0.2) is 31.5 Å². The zero-order valence-corrected chi connectivity index (χ0v) is 8.54. The Kier molecular flexibility index (Phi) is 2.63. The third-order valence-corrected chi connectivity index (χ3v) is 3.30. The van der Waals surface area contributed by atoms with E-state index in [4.69, 9.17) is 9.47 Å². The van der Waals surface area contributed by atoms with E-state index in [-0.39, 0.29) is 11.7 Å². The number of nitrogens with one attached hydrogen (secondary N) is 1. The van der Waals surface area contributed by atoms with Crippen molar-refractivity contribution in [3.8, 4) is 0 Å². The van der Waals surface area contributed by atoms with Crippen molar-refractivity contribution in [2.45, 2.75) is 31.8 Å². The third-order valence-electron chi connectivity index (χ3n) is 3.30. The summed E-state index contributed by atoms with van der Waals surface area (Å²) < 4.78 is 10.7. The number of hydrogen-bond donors (Lipinski definition) is 1. The van der Waals surface area contributed by atoms with E-state index < -0.39 is 0 Å². The van der Waals surface area contributed by atoms with E-state index in [9.17, 15) is 4.79 Å². The molecule has 0 aliphatic carbocycles. The molecule has 4 heteroatoms. The average Bonchev–Trinajstić information content (AvgIpc) is 2.19. The maximum Gasteiger partial charge on any atom is 0.407 e. The second-order valence-electron chi connectivity index (χ2n) is 4.27. The number of cyclic esters (lactones) is 1. The van der Waals surface area contributed by atoms with Crippen LogP contribution in [0.25, 0.3) is 0 Å². The van der Waals surface area contributed by atoms with Crippen LogP contribution >= 0.6 is 0 Å². The van der Waals surface area contributed by atoms with Crippen LogP contribution in [0.1, 0.15) is 26.2 Å². The second-order valence-corrected chi connectivity index (χ2v) is 4.27. The van der Waals surface area contributed by atoms with Gasteiger partial charge in [0.05, 0.1) is 0 Å². The van der Waals surface area contributed by atoms with Crippen molar-refractivity contribution in [3.05, 3.63) is 0 Å². The molecule has 2 aliphatic heterocycles. The Labute approximate surface area is 84.0 Å². The van der Waals surface area contributed by atoms with Crippen molar-refractivity contribution in [3.63, 3.8) is 0 Å². The Morgan fingerprint density at radius 3 is 2.79 bits per heavy atom. The summed E-state index contributed by atoms with van der Waals surface area (Å²) in [5.74, 6) is 0.460. The molecular formula is C10H17NO3. The van der Waals surface area contributed by atoms with Gasteiger partial charge in [-0.15, -0.1) is 0 Å². The zero-order chi connectivity index (χ0) is 10.0. The van der Waals surface area contributed by atoms with Crippen LogP contribution in [-0.2, 0) is 9.47 Å². The minimum Gasteiger partial charge on any atom is -0.443 e. The number of carbonyl (C=O) groups excluding carboxylic acids is 1. The summed E-state index contributed by atoms with van der Waals surface area (Å²) in [6.07, 6.45) is 2.64. The highest BCUT2D eigenvalue weighted by atomic mass is 16.6. The Balaban J connectivity index is 2.01. The first-order valence-corrected chi connectivity index (χ1v) is 5.25. The molecule has 1 unspecified atom stereocenters. The zero-order valence-electron chi connectivity index (χ0n) is 8.54. The number of hydrogen-bond acceptors (Lipinski definition) is 3. The van der Waals surface area contributed by atoms with Gasteiger partial charge in [0, 0.05) is 32.1 Å². The predicted molar refractivity (Wildman–Crippen MR) is 51.0 cm³/mol. The molecule has 2 saturated heterocycles. The lowest BCUT2D eigenvalue weighted by Crippen LogP contribution is -2.51. The first-order chi connectivity index (χ1) is 6.71. The Morgan fingerprint density at radius 1 is 1.43 bits per heavy atom. The van der Waals surface area contributed by atoms with Crippen molar-refractivity contribution in [2.24, 2.45) is 5.92 Å². The highest BCUT2D eigenvalue weighted by molar-refractivity contribution is 5.68. The van der Waals surface area contributed by atoms with E-state index in [0.717, 1.165) is 39.0 Å². The Hall–Kier alpha value is -0.770. The summed E-state index contributed by atoms with van der Waals surface area (Å²) in [4.78, 5) is 11.2. The molecule has 2 rings (SSSR count). The molecule has 1 amide bonds. The van der Waals surface area contributed by atoms with Crippen LogP contribution in [0.2, 0.25) is 0 Å². The van der Waals surface area contributed by atoms with Gasteiger partial charge >= 0.3 is 6.09 Å². The van der Waals surface area contributed by atoms with Crippen LogP contribution in [0.3, 0.4) is 0 Å². The molecule has 0 saturated carbocycles. The smallest absolute Gasteiger partial charge is 0.407 e. The first kappa shape index (κ1) is 9.77. The first-order valence-electron chi connectivity index (χ1n) is 5.25. The molecule has 80 valence electrons. The molecule has 2 fully saturated rings. The molecule has 14 heavy (non-hydrogen) atoms. The van der Waals surface area contributed by atoms with E-state index in [1.165, 1.54) is 0 Å². The molecule has 0 aromatic heterocycles. The van der Waals surface area contributed by atoms with Gasteiger partial charge in [-0.05, 0) is 19.8 Å². The summed E-state index contributed by atoms with van der Waals surface area (Å²) in [5.41, 5.74) is -0.272. The molecule has 0 radical (unpaired) electrons. The fraction of sp³-hybridized carbons (Fsp3) is 0.900. The maximum atomic E-state index is 11.2. The largest absolute Gasteiger partial charge is 0.443 e. The summed E-state index contributed by atoms with van der Waals surface area (Å²) in [7, 11) is 0. The predicted octanol–water partition coefficient (Wildman–Crippen LogP) is 1.30. The van der Waals surface area contributed by atoms with Crippen LogP contribution in [0, 0.1) is 5.92 Å². The van der Waals surface area contributed by atoms with Crippen molar-refractivity contribution >= 4 is 6.09 Å². The van der Waals surface area contributed by atoms with Crippen LogP contribution in [0.15, 0.2) is 0 Å². The van der Waals surface area contributed by atoms with Gasteiger partial charge in [-0.25, -0.2) is 4.79 Å². The second kappa shape index (κ2) is 3.77. The van der Waals surface area contributed by atoms with Crippen LogP contribution in [0.4, 0.5) is 4.79 Å². The summed E-state index contributed by atoms with van der Waals surface area (Å²) in [5, 5.41) is 2.68. The summed E-state index contributed by atoms with van der Waals surface area (Å²) in [6, 6.07) is 0. The molecule has 1 atom stereocenters.